The van der Waals surface area contributed by atoms with Crippen molar-refractivity contribution in [1.82, 2.24) is 4.98 Å². The molecule has 0 fully saturated rings. The summed E-state index contributed by atoms with van der Waals surface area (Å²) in [5.74, 6) is -0.824. The van der Waals surface area contributed by atoms with Gasteiger partial charge in [0.15, 0.2) is 17.0 Å². The number of rotatable bonds is 2. The molecule has 0 aliphatic heterocycles. The van der Waals surface area contributed by atoms with Crippen LogP contribution in [0, 0.1) is 5.82 Å². The SMILES string of the molecule is COc1cc2c(=O)cc(C(F)F)[nH]c2cc1F. The van der Waals surface area contributed by atoms with Crippen LogP contribution in [0.3, 0.4) is 0 Å². The maximum Gasteiger partial charge on any atom is 0.278 e. The Balaban J connectivity index is 2.78. The van der Waals surface area contributed by atoms with Crippen LogP contribution < -0.4 is 10.2 Å². The molecule has 1 aromatic heterocycles. The summed E-state index contributed by atoms with van der Waals surface area (Å²) in [5, 5.41) is 0.104. The van der Waals surface area contributed by atoms with Crippen molar-refractivity contribution in [3.8, 4) is 5.75 Å². The molecule has 2 aromatic rings. The summed E-state index contributed by atoms with van der Waals surface area (Å²) < 4.78 is 42.9. The summed E-state index contributed by atoms with van der Waals surface area (Å²) in [6, 6.07) is 2.94. The van der Waals surface area contributed by atoms with Crippen LogP contribution in [-0.2, 0) is 0 Å². The van der Waals surface area contributed by atoms with Crippen LogP contribution in [0.5, 0.6) is 5.75 Å². The molecule has 0 amide bonds. The largest absolute Gasteiger partial charge is 0.494 e. The third kappa shape index (κ3) is 1.98. The van der Waals surface area contributed by atoms with Gasteiger partial charge >= 0.3 is 0 Å². The molecule has 1 heterocycles. The van der Waals surface area contributed by atoms with Crippen molar-refractivity contribution in [1.29, 1.82) is 0 Å². The van der Waals surface area contributed by atoms with Crippen LogP contribution in [-0.4, -0.2) is 12.1 Å². The Hall–Kier alpha value is -1.98. The molecule has 1 N–H and O–H groups in total. The second-order valence-electron chi connectivity index (χ2n) is 3.42. The maximum atomic E-state index is 13.3. The summed E-state index contributed by atoms with van der Waals surface area (Å²) in [7, 11) is 1.26. The van der Waals surface area contributed by atoms with E-state index in [0.717, 1.165) is 12.1 Å². The number of hydrogen-bond acceptors (Lipinski definition) is 2. The second kappa shape index (κ2) is 4.12. The molecule has 0 spiro atoms. The summed E-state index contributed by atoms with van der Waals surface area (Å²) in [5.41, 5.74) is -1.12. The minimum Gasteiger partial charge on any atom is -0.494 e. The molecule has 1 aromatic carbocycles. The van der Waals surface area contributed by atoms with Gasteiger partial charge in [-0.3, -0.25) is 4.79 Å². The van der Waals surface area contributed by atoms with E-state index in [2.05, 4.69) is 4.98 Å². The fourth-order valence-electron chi connectivity index (χ4n) is 1.55. The topological polar surface area (TPSA) is 42.1 Å². The molecule has 6 heteroatoms. The zero-order valence-corrected chi connectivity index (χ0v) is 8.76. The first kappa shape index (κ1) is 11.5. The lowest BCUT2D eigenvalue weighted by molar-refractivity contribution is 0.146. The predicted octanol–water partition coefficient (Wildman–Crippen LogP) is 2.61. The van der Waals surface area contributed by atoms with Gasteiger partial charge in [-0.1, -0.05) is 0 Å². The Morgan fingerprint density at radius 1 is 1.29 bits per heavy atom. The van der Waals surface area contributed by atoms with Gasteiger partial charge in [-0.15, -0.1) is 0 Å². The Morgan fingerprint density at radius 2 is 2.00 bits per heavy atom. The van der Waals surface area contributed by atoms with E-state index in [1.54, 1.807) is 0 Å². The van der Waals surface area contributed by atoms with Crippen LogP contribution in [0.15, 0.2) is 23.0 Å². The number of fused-ring (bicyclic) bond motifs is 1. The van der Waals surface area contributed by atoms with E-state index in [4.69, 9.17) is 4.74 Å². The average molecular weight is 243 g/mol. The Bertz CT molecular complexity index is 622. The monoisotopic (exact) mass is 243 g/mol. The predicted molar refractivity (Wildman–Crippen MR) is 56.0 cm³/mol. The standard InChI is InChI=1S/C11H8F3NO2/c1-17-10-2-5-7(3-6(10)12)15-8(11(13)14)4-9(5)16/h2-4,11H,1H3,(H,15,16). The average Bonchev–Trinajstić information content (AvgIpc) is 2.27. The van der Waals surface area contributed by atoms with Crippen molar-refractivity contribution < 1.29 is 17.9 Å². The van der Waals surface area contributed by atoms with Gasteiger partial charge < -0.3 is 9.72 Å². The van der Waals surface area contributed by atoms with Crippen LogP contribution in [0.2, 0.25) is 0 Å². The van der Waals surface area contributed by atoms with E-state index in [0.29, 0.717) is 0 Å². The van der Waals surface area contributed by atoms with Gasteiger partial charge in [0.1, 0.15) is 0 Å². The quantitative estimate of drug-likeness (QED) is 0.880. The molecule has 3 nitrogen and oxygen atoms in total. The lowest BCUT2D eigenvalue weighted by Gasteiger charge is -2.06. The van der Waals surface area contributed by atoms with Crippen molar-refractivity contribution in [2.45, 2.75) is 6.43 Å². The van der Waals surface area contributed by atoms with Crippen molar-refractivity contribution in [2.75, 3.05) is 7.11 Å². The molecular formula is C11H8F3NO2. The number of alkyl halides is 2. The molecule has 0 aliphatic rings. The molecule has 0 saturated carbocycles. The van der Waals surface area contributed by atoms with Crippen LogP contribution >= 0.6 is 0 Å². The van der Waals surface area contributed by atoms with E-state index < -0.39 is 23.4 Å². The van der Waals surface area contributed by atoms with Gasteiger partial charge in [0, 0.05) is 17.5 Å². The van der Waals surface area contributed by atoms with Gasteiger partial charge in [0.05, 0.1) is 18.3 Å². The number of H-pyrrole nitrogens is 1. The molecule has 0 saturated heterocycles. The van der Waals surface area contributed by atoms with Crippen LogP contribution in [0.4, 0.5) is 13.2 Å². The highest BCUT2D eigenvalue weighted by Crippen LogP contribution is 2.23. The van der Waals surface area contributed by atoms with Crippen molar-refractivity contribution in [2.24, 2.45) is 0 Å². The normalized spacial score (nSPS) is 11.1. The van der Waals surface area contributed by atoms with Crippen molar-refractivity contribution in [3.63, 3.8) is 0 Å². The van der Waals surface area contributed by atoms with Crippen molar-refractivity contribution >= 4 is 10.9 Å². The van der Waals surface area contributed by atoms with Crippen LogP contribution in [0.1, 0.15) is 12.1 Å². The van der Waals surface area contributed by atoms with Gasteiger partial charge in [-0.2, -0.15) is 0 Å². The number of pyridine rings is 1. The fraction of sp³-hybridized carbons (Fsp3) is 0.182. The fourth-order valence-corrected chi connectivity index (χ4v) is 1.55. The molecular weight excluding hydrogens is 235 g/mol. The van der Waals surface area contributed by atoms with Gasteiger partial charge in [-0.05, 0) is 6.07 Å². The zero-order valence-electron chi connectivity index (χ0n) is 8.76. The number of ether oxygens (including phenoxy) is 1. The molecule has 2 rings (SSSR count). The number of hydrogen-bond donors (Lipinski definition) is 1. The van der Waals surface area contributed by atoms with E-state index >= 15 is 0 Å². The summed E-state index contributed by atoms with van der Waals surface area (Å²) in [6.45, 7) is 0. The van der Waals surface area contributed by atoms with E-state index in [9.17, 15) is 18.0 Å². The molecule has 0 aliphatic carbocycles. The third-order valence-corrected chi connectivity index (χ3v) is 2.36. The molecule has 0 radical (unpaired) electrons. The number of halogens is 3. The van der Waals surface area contributed by atoms with Gasteiger partial charge in [-0.25, -0.2) is 13.2 Å². The van der Waals surface area contributed by atoms with Gasteiger partial charge in [0.25, 0.3) is 6.43 Å². The minimum atomic E-state index is -2.81. The maximum absolute atomic E-state index is 13.3. The molecule has 90 valence electrons. The van der Waals surface area contributed by atoms with E-state index in [1.807, 2.05) is 0 Å². The van der Waals surface area contributed by atoms with Crippen molar-refractivity contribution in [3.05, 3.63) is 39.9 Å². The minimum absolute atomic E-state index is 0.0195. The Morgan fingerprint density at radius 3 is 2.59 bits per heavy atom. The summed E-state index contributed by atoms with van der Waals surface area (Å²) in [4.78, 5) is 13.9. The highest BCUT2D eigenvalue weighted by atomic mass is 19.3. The smallest absolute Gasteiger partial charge is 0.278 e. The summed E-state index contributed by atoms with van der Waals surface area (Å²) in [6.07, 6.45) is -2.81. The lowest BCUT2D eigenvalue weighted by atomic mass is 10.2. The first-order valence-electron chi connectivity index (χ1n) is 4.71. The molecule has 0 unspecified atom stereocenters. The lowest BCUT2D eigenvalue weighted by Crippen LogP contribution is -2.06. The van der Waals surface area contributed by atoms with Crippen LogP contribution in [0.25, 0.3) is 10.9 Å². The molecule has 0 bridgehead atoms. The number of benzene rings is 1. The van der Waals surface area contributed by atoms with E-state index in [1.165, 1.54) is 13.2 Å². The number of aromatic amines is 1. The first-order chi connectivity index (χ1) is 8.02. The number of nitrogens with one attached hydrogen (secondary N) is 1. The molecule has 17 heavy (non-hydrogen) atoms. The first-order valence-corrected chi connectivity index (χ1v) is 4.71. The Labute approximate surface area is 93.8 Å². The third-order valence-electron chi connectivity index (χ3n) is 2.36. The zero-order chi connectivity index (χ0) is 12.6. The van der Waals surface area contributed by atoms with Gasteiger partial charge in [0.2, 0.25) is 0 Å². The summed E-state index contributed by atoms with van der Waals surface area (Å²) >= 11 is 0. The Kier molecular flexibility index (Phi) is 2.79. The molecule has 0 atom stereocenters. The second-order valence-corrected chi connectivity index (χ2v) is 3.42. The highest BCUT2D eigenvalue weighted by molar-refractivity contribution is 5.80. The number of aromatic nitrogens is 1. The highest BCUT2D eigenvalue weighted by Gasteiger charge is 2.13. The number of methoxy groups -OCH3 is 1. The van der Waals surface area contributed by atoms with E-state index in [-0.39, 0.29) is 16.7 Å².